The van der Waals surface area contributed by atoms with E-state index in [0.717, 1.165) is 19.5 Å². The number of carbonyl (C=O) groups excluding carboxylic acids is 1. The van der Waals surface area contributed by atoms with E-state index in [9.17, 15) is 9.18 Å². The van der Waals surface area contributed by atoms with Crippen LogP contribution >= 0.6 is 0 Å². The summed E-state index contributed by atoms with van der Waals surface area (Å²) in [5.41, 5.74) is 0.874. The summed E-state index contributed by atoms with van der Waals surface area (Å²) in [6, 6.07) is 5.07. The fraction of sp³-hybridized carbons (Fsp3) is 0.533. The molecule has 20 heavy (non-hydrogen) atoms. The van der Waals surface area contributed by atoms with Crippen LogP contribution in [0.5, 0.6) is 0 Å². The summed E-state index contributed by atoms with van der Waals surface area (Å²) in [6.45, 7) is 2.50. The maximum Gasteiger partial charge on any atom is 0.337 e. The van der Waals surface area contributed by atoms with Gasteiger partial charge in [-0.05, 0) is 32.6 Å². The van der Waals surface area contributed by atoms with Gasteiger partial charge in [0.25, 0.3) is 0 Å². The van der Waals surface area contributed by atoms with Crippen molar-refractivity contribution in [3.63, 3.8) is 0 Å². The van der Waals surface area contributed by atoms with Gasteiger partial charge >= 0.3 is 5.97 Å². The molecule has 1 heterocycles. The lowest BCUT2D eigenvalue weighted by atomic mass is 10.1. The van der Waals surface area contributed by atoms with Gasteiger partial charge in [0.2, 0.25) is 0 Å². The zero-order valence-corrected chi connectivity index (χ0v) is 12.2. The molecule has 0 radical (unpaired) electrons. The number of methoxy groups -OCH3 is 1. The van der Waals surface area contributed by atoms with Gasteiger partial charge in [0, 0.05) is 31.2 Å². The Hall–Kier alpha value is -1.46. The van der Waals surface area contributed by atoms with Crippen LogP contribution in [0.2, 0.25) is 0 Å². The number of benzene rings is 1. The van der Waals surface area contributed by atoms with E-state index in [0.29, 0.717) is 18.2 Å². The summed E-state index contributed by atoms with van der Waals surface area (Å²) in [6.07, 6.45) is 1.11. The van der Waals surface area contributed by atoms with Gasteiger partial charge in [-0.25, -0.2) is 9.18 Å². The zero-order chi connectivity index (χ0) is 14.7. The summed E-state index contributed by atoms with van der Waals surface area (Å²) in [4.78, 5) is 15.8. The van der Waals surface area contributed by atoms with Crippen LogP contribution in [0.25, 0.3) is 0 Å². The van der Waals surface area contributed by atoms with Gasteiger partial charge < -0.3 is 9.64 Å². The molecule has 0 spiro atoms. The summed E-state index contributed by atoms with van der Waals surface area (Å²) >= 11 is 0. The van der Waals surface area contributed by atoms with E-state index in [1.54, 1.807) is 12.1 Å². The topological polar surface area (TPSA) is 32.8 Å². The summed E-state index contributed by atoms with van der Waals surface area (Å²) in [5, 5.41) is 0. The van der Waals surface area contributed by atoms with E-state index >= 15 is 0 Å². The second kappa shape index (κ2) is 6.33. The second-order valence-electron chi connectivity index (χ2n) is 5.44. The number of carbonyl (C=O) groups is 1. The average Bonchev–Trinajstić information content (AvgIpc) is 2.89. The number of likely N-dealkylation sites (N-methyl/N-ethyl adjacent to an activating group) is 1. The normalized spacial score (nSPS) is 19.6. The predicted molar refractivity (Wildman–Crippen MR) is 75.1 cm³/mol. The molecule has 0 bridgehead atoms. The number of rotatable bonds is 4. The van der Waals surface area contributed by atoms with Crippen LogP contribution in [-0.4, -0.2) is 56.1 Å². The van der Waals surface area contributed by atoms with Crippen LogP contribution in [0.1, 0.15) is 22.3 Å². The molecule has 0 aromatic heterocycles. The van der Waals surface area contributed by atoms with Gasteiger partial charge in [0.1, 0.15) is 5.82 Å². The molecule has 0 aliphatic carbocycles. The number of hydrogen-bond acceptors (Lipinski definition) is 4. The van der Waals surface area contributed by atoms with Crippen molar-refractivity contribution in [3.05, 3.63) is 35.1 Å². The van der Waals surface area contributed by atoms with Gasteiger partial charge in [-0.3, -0.25) is 4.90 Å². The number of likely N-dealkylation sites (tertiary alicyclic amines) is 1. The van der Waals surface area contributed by atoms with E-state index < -0.39 is 5.97 Å². The smallest absolute Gasteiger partial charge is 0.337 e. The molecule has 0 saturated carbocycles. The number of ether oxygens (including phenoxy) is 1. The van der Waals surface area contributed by atoms with Crippen LogP contribution in [0.4, 0.5) is 4.39 Å². The Morgan fingerprint density at radius 3 is 2.80 bits per heavy atom. The van der Waals surface area contributed by atoms with Gasteiger partial charge in [-0.1, -0.05) is 6.07 Å². The first kappa shape index (κ1) is 14.9. The van der Waals surface area contributed by atoms with Crippen LogP contribution in [-0.2, 0) is 11.3 Å². The lowest BCUT2D eigenvalue weighted by Gasteiger charge is -2.20. The van der Waals surface area contributed by atoms with Crippen molar-refractivity contribution < 1.29 is 13.9 Å². The van der Waals surface area contributed by atoms with Crippen molar-refractivity contribution in [2.75, 3.05) is 34.3 Å². The Bertz CT molecular complexity index is 491. The molecular weight excluding hydrogens is 259 g/mol. The monoisotopic (exact) mass is 280 g/mol. The molecule has 110 valence electrons. The van der Waals surface area contributed by atoms with Crippen LogP contribution < -0.4 is 0 Å². The van der Waals surface area contributed by atoms with E-state index in [-0.39, 0.29) is 11.4 Å². The van der Waals surface area contributed by atoms with Crippen molar-refractivity contribution in [2.24, 2.45) is 0 Å². The molecule has 1 saturated heterocycles. The number of esters is 1. The Morgan fingerprint density at radius 1 is 1.50 bits per heavy atom. The number of nitrogens with zero attached hydrogens (tertiary/aromatic N) is 2. The van der Waals surface area contributed by atoms with E-state index in [1.165, 1.54) is 13.2 Å². The van der Waals surface area contributed by atoms with E-state index in [4.69, 9.17) is 0 Å². The van der Waals surface area contributed by atoms with Crippen molar-refractivity contribution >= 4 is 5.97 Å². The van der Waals surface area contributed by atoms with Crippen LogP contribution in [0.3, 0.4) is 0 Å². The molecule has 2 rings (SSSR count). The molecule has 1 aromatic rings. The highest BCUT2D eigenvalue weighted by Gasteiger charge is 2.24. The number of halogens is 1. The van der Waals surface area contributed by atoms with Gasteiger partial charge in [0.15, 0.2) is 0 Å². The molecule has 1 aliphatic heterocycles. The number of hydrogen-bond donors (Lipinski definition) is 0. The fourth-order valence-electron chi connectivity index (χ4n) is 2.54. The minimum atomic E-state index is -0.510. The van der Waals surface area contributed by atoms with Gasteiger partial charge in [-0.2, -0.15) is 0 Å². The third-order valence-corrected chi connectivity index (χ3v) is 3.85. The minimum Gasteiger partial charge on any atom is -0.465 e. The lowest BCUT2D eigenvalue weighted by molar-refractivity contribution is 0.0600. The first-order valence-electron chi connectivity index (χ1n) is 6.76. The van der Waals surface area contributed by atoms with Crippen molar-refractivity contribution in [1.29, 1.82) is 0 Å². The summed E-state index contributed by atoms with van der Waals surface area (Å²) in [7, 11) is 5.43. The molecule has 0 amide bonds. The predicted octanol–water partition coefficient (Wildman–Crippen LogP) is 1.75. The SMILES string of the molecule is COC(=O)c1ccc(CN2CCC(N(C)C)C2)c(F)c1. The van der Waals surface area contributed by atoms with Crippen LogP contribution in [0.15, 0.2) is 18.2 Å². The largest absolute Gasteiger partial charge is 0.465 e. The Balaban J connectivity index is 2.02. The first-order valence-corrected chi connectivity index (χ1v) is 6.76. The third kappa shape index (κ3) is 3.35. The maximum atomic E-state index is 14.0. The van der Waals surface area contributed by atoms with E-state index in [2.05, 4.69) is 28.6 Å². The average molecular weight is 280 g/mol. The molecular formula is C15H21FN2O2. The fourth-order valence-corrected chi connectivity index (χ4v) is 2.54. The second-order valence-corrected chi connectivity index (χ2v) is 5.44. The molecule has 1 unspecified atom stereocenters. The van der Waals surface area contributed by atoms with Crippen molar-refractivity contribution in [3.8, 4) is 0 Å². The minimum absolute atomic E-state index is 0.251. The van der Waals surface area contributed by atoms with Crippen LogP contribution in [0, 0.1) is 5.82 Å². The first-order chi connectivity index (χ1) is 9.51. The van der Waals surface area contributed by atoms with E-state index in [1.807, 2.05) is 0 Å². The molecule has 1 atom stereocenters. The van der Waals surface area contributed by atoms with Gasteiger partial charge in [0.05, 0.1) is 12.7 Å². The summed E-state index contributed by atoms with van der Waals surface area (Å²) in [5.74, 6) is -0.856. The Labute approximate surface area is 119 Å². The highest BCUT2D eigenvalue weighted by atomic mass is 19.1. The van der Waals surface area contributed by atoms with Crippen molar-refractivity contribution in [2.45, 2.75) is 19.0 Å². The quantitative estimate of drug-likeness (QED) is 0.787. The summed E-state index contributed by atoms with van der Waals surface area (Å²) < 4.78 is 18.6. The third-order valence-electron chi connectivity index (χ3n) is 3.85. The molecule has 1 fully saturated rings. The molecule has 4 nitrogen and oxygen atoms in total. The highest BCUT2D eigenvalue weighted by molar-refractivity contribution is 5.89. The lowest BCUT2D eigenvalue weighted by Crippen LogP contribution is -2.31. The Kier molecular flexibility index (Phi) is 4.73. The zero-order valence-electron chi connectivity index (χ0n) is 12.2. The highest BCUT2D eigenvalue weighted by Crippen LogP contribution is 2.19. The molecule has 1 aliphatic rings. The Morgan fingerprint density at radius 2 is 2.25 bits per heavy atom. The molecule has 5 heteroatoms. The molecule has 0 N–H and O–H groups in total. The van der Waals surface area contributed by atoms with Crippen molar-refractivity contribution in [1.82, 2.24) is 9.80 Å². The maximum absolute atomic E-state index is 14.0. The molecule has 1 aromatic carbocycles. The van der Waals surface area contributed by atoms with Gasteiger partial charge in [-0.15, -0.1) is 0 Å². The standard InChI is InChI=1S/C15H21FN2O2/c1-17(2)13-6-7-18(10-13)9-12-5-4-11(8-14(12)16)15(19)20-3/h4-5,8,13H,6-7,9-10H2,1-3H3.